The summed E-state index contributed by atoms with van der Waals surface area (Å²) < 4.78 is 2.34. The molecule has 0 radical (unpaired) electrons. The van der Waals surface area contributed by atoms with Crippen LogP contribution in [0.4, 0.5) is 5.69 Å². The standard InChI is InChI=1S/C35H32Cl2N4O/c36-27-8-1-22(2-9-27)33(23-3-10-28(37)11-4-23)26-7-16-32-31(21-26)34(41(39-32)30-14-15-30)24-17-19-40(20-18-24)29-12-5-25(6-13-29)35(38)42/h1-13,16,21,24,30,33H,14-15,17-20H2,(H2,38,42). The van der Waals surface area contributed by atoms with Crippen LogP contribution in [0.1, 0.15) is 76.3 Å². The molecule has 5 nitrogen and oxygen atoms in total. The molecule has 7 heteroatoms. The first-order valence-electron chi connectivity index (χ1n) is 14.6. The van der Waals surface area contributed by atoms with Gasteiger partial charge in [0.1, 0.15) is 0 Å². The molecule has 2 aliphatic rings. The van der Waals surface area contributed by atoms with Crippen molar-refractivity contribution in [2.75, 3.05) is 18.0 Å². The van der Waals surface area contributed by atoms with Gasteiger partial charge in [0.25, 0.3) is 0 Å². The molecule has 1 aliphatic carbocycles. The van der Waals surface area contributed by atoms with Crippen LogP contribution in [0.5, 0.6) is 0 Å². The molecular formula is C35H32Cl2N4O. The van der Waals surface area contributed by atoms with Crippen LogP contribution in [-0.2, 0) is 0 Å². The second kappa shape index (κ2) is 11.1. The summed E-state index contributed by atoms with van der Waals surface area (Å²) in [6.07, 6.45) is 4.48. The number of hydrogen-bond donors (Lipinski definition) is 1. The van der Waals surface area contributed by atoms with E-state index in [1.807, 2.05) is 48.5 Å². The highest BCUT2D eigenvalue weighted by Gasteiger charge is 2.33. The smallest absolute Gasteiger partial charge is 0.248 e. The summed E-state index contributed by atoms with van der Waals surface area (Å²) in [6, 6.07) is 31.3. The Kier molecular flexibility index (Phi) is 7.17. The lowest BCUT2D eigenvalue weighted by molar-refractivity contribution is 0.100. The van der Waals surface area contributed by atoms with Crippen LogP contribution in [0.15, 0.2) is 91.0 Å². The highest BCUT2D eigenvalue weighted by atomic mass is 35.5. The van der Waals surface area contributed by atoms with E-state index in [1.54, 1.807) is 0 Å². The molecule has 0 bridgehead atoms. The van der Waals surface area contributed by atoms with Crippen molar-refractivity contribution in [1.29, 1.82) is 0 Å². The number of hydrogen-bond acceptors (Lipinski definition) is 3. The number of carbonyl (C=O) groups excluding carboxylic acids is 1. The highest BCUT2D eigenvalue weighted by Crippen LogP contribution is 2.44. The summed E-state index contributed by atoms with van der Waals surface area (Å²) in [5.41, 5.74) is 13.2. The molecule has 1 saturated heterocycles. The van der Waals surface area contributed by atoms with Crippen LogP contribution in [0.25, 0.3) is 10.9 Å². The van der Waals surface area contributed by atoms with E-state index >= 15 is 0 Å². The van der Waals surface area contributed by atoms with E-state index in [2.05, 4.69) is 52.0 Å². The van der Waals surface area contributed by atoms with Crippen LogP contribution in [0.2, 0.25) is 10.0 Å². The molecule has 1 amide bonds. The Labute approximate surface area is 255 Å². The summed E-state index contributed by atoms with van der Waals surface area (Å²) in [6.45, 7) is 1.91. The number of amides is 1. The predicted molar refractivity (Wildman–Crippen MR) is 171 cm³/mol. The number of nitrogens with two attached hydrogens (primary N) is 1. The van der Waals surface area contributed by atoms with E-state index in [0.717, 1.165) is 47.2 Å². The number of nitrogens with zero attached hydrogens (tertiary/aromatic N) is 3. The largest absolute Gasteiger partial charge is 0.371 e. The fourth-order valence-corrected chi connectivity index (χ4v) is 6.71. The van der Waals surface area contributed by atoms with Gasteiger partial charge in [-0.1, -0.05) is 53.5 Å². The van der Waals surface area contributed by atoms with Gasteiger partial charge in [-0.25, -0.2) is 0 Å². The Balaban J connectivity index is 1.24. The number of piperidine rings is 1. The Morgan fingerprint density at radius 2 is 1.33 bits per heavy atom. The van der Waals surface area contributed by atoms with Crippen molar-refractivity contribution in [2.45, 2.75) is 43.6 Å². The molecule has 2 N–H and O–H groups in total. The molecule has 1 saturated carbocycles. The minimum absolute atomic E-state index is 0.0475. The van der Waals surface area contributed by atoms with Crippen molar-refractivity contribution in [1.82, 2.24) is 9.78 Å². The van der Waals surface area contributed by atoms with E-state index in [0.29, 0.717) is 17.5 Å². The van der Waals surface area contributed by atoms with Crippen molar-refractivity contribution in [3.05, 3.63) is 129 Å². The third kappa shape index (κ3) is 5.28. The van der Waals surface area contributed by atoms with Crippen molar-refractivity contribution in [2.24, 2.45) is 5.73 Å². The summed E-state index contributed by atoms with van der Waals surface area (Å²) in [5.74, 6) is 0.0805. The number of fused-ring (bicyclic) bond motifs is 1. The third-order valence-electron chi connectivity index (χ3n) is 8.79. The second-order valence-corrected chi connectivity index (χ2v) is 12.4. The minimum Gasteiger partial charge on any atom is -0.371 e. The van der Waals surface area contributed by atoms with E-state index in [1.165, 1.54) is 40.6 Å². The summed E-state index contributed by atoms with van der Waals surface area (Å²) in [5, 5.41) is 7.87. The van der Waals surface area contributed by atoms with Crippen LogP contribution in [-0.4, -0.2) is 28.8 Å². The van der Waals surface area contributed by atoms with E-state index in [9.17, 15) is 4.79 Å². The summed E-state index contributed by atoms with van der Waals surface area (Å²) in [7, 11) is 0. The maximum atomic E-state index is 11.5. The molecule has 0 atom stereocenters. The molecule has 5 aromatic rings. The maximum absolute atomic E-state index is 11.5. The molecule has 1 aromatic heterocycles. The van der Waals surface area contributed by atoms with Crippen molar-refractivity contribution in [3.8, 4) is 0 Å². The average molecular weight is 596 g/mol. The number of benzene rings is 4. The van der Waals surface area contributed by atoms with E-state index < -0.39 is 5.91 Å². The van der Waals surface area contributed by atoms with Gasteiger partial charge in [0.2, 0.25) is 5.91 Å². The first-order valence-corrected chi connectivity index (χ1v) is 15.4. The molecule has 2 fully saturated rings. The summed E-state index contributed by atoms with van der Waals surface area (Å²) >= 11 is 12.5. The van der Waals surface area contributed by atoms with Gasteiger partial charge in [0, 0.05) is 57.3 Å². The lowest BCUT2D eigenvalue weighted by Crippen LogP contribution is -2.33. The zero-order valence-corrected chi connectivity index (χ0v) is 24.7. The SMILES string of the molecule is NC(=O)c1ccc(N2CCC(c3c4cc(C(c5ccc(Cl)cc5)c5ccc(Cl)cc5)ccc4nn3C3CC3)CC2)cc1. The molecule has 42 heavy (non-hydrogen) atoms. The van der Waals surface area contributed by atoms with Gasteiger partial charge in [0.15, 0.2) is 0 Å². The third-order valence-corrected chi connectivity index (χ3v) is 9.29. The first kappa shape index (κ1) is 27.1. The number of halogens is 2. The van der Waals surface area contributed by atoms with Gasteiger partial charge in [-0.2, -0.15) is 5.10 Å². The number of rotatable bonds is 7. The monoisotopic (exact) mass is 594 g/mol. The van der Waals surface area contributed by atoms with Gasteiger partial charge in [-0.05, 0) is 103 Å². The molecule has 0 spiro atoms. The molecule has 212 valence electrons. The maximum Gasteiger partial charge on any atom is 0.248 e. The fraction of sp³-hybridized carbons (Fsp3) is 0.257. The van der Waals surface area contributed by atoms with Crippen LogP contribution >= 0.6 is 23.2 Å². The molecule has 1 aliphatic heterocycles. The normalized spacial score (nSPS) is 15.9. The minimum atomic E-state index is -0.394. The fourth-order valence-electron chi connectivity index (χ4n) is 6.46. The van der Waals surface area contributed by atoms with Gasteiger partial charge < -0.3 is 10.6 Å². The molecule has 2 heterocycles. The second-order valence-electron chi connectivity index (χ2n) is 11.5. The topological polar surface area (TPSA) is 64.2 Å². The van der Waals surface area contributed by atoms with Gasteiger partial charge in [-0.3, -0.25) is 9.48 Å². The van der Waals surface area contributed by atoms with Crippen molar-refractivity contribution >= 4 is 45.7 Å². The number of aromatic nitrogens is 2. The Hall–Kier alpha value is -3.80. The lowest BCUT2D eigenvalue weighted by atomic mass is 9.84. The van der Waals surface area contributed by atoms with E-state index in [4.69, 9.17) is 34.0 Å². The Bertz CT molecular complexity index is 1690. The molecule has 4 aromatic carbocycles. The molecule has 0 unspecified atom stereocenters. The lowest BCUT2D eigenvalue weighted by Gasteiger charge is -2.34. The quantitative estimate of drug-likeness (QED) is 0.192. The van der Waals surface area contributed by atoms with Crippen LogP contribution in [0.3, 0.4) is 0 Å². The number of anilines is 1. The first-order chi connectivity index (χ1) is 20.4. The van der Waals surface area contributed by atoms with Gasteiger partial charge in [-0.15, -0.1) is 0 Å². The Morgan fingerprint density at radius 3 is 1.88 bits per heavy atom. The predicted octanol–water partition coefficient (Wildman–Crippen LogP) is 8.34. The highest BCUT2D eigenvalue weighted by molar-refractivity contribution is 6.30. The van der Waals surface area contributed by atoms with E-state index in [-0.39, 0.29) is 5.92 Å². The van der Waals surface area contributed by atoms with Crippen LogP contribution < -0.4 is 10.6 Å². The number of carbonyl (C=O) groups is 1. The molecular weight excluding hydrogens is 563 g/mol. The molecule has 7 rings (SSSR count). The Morgan fingerprint density at radius 1 is 0.762 bits per heavy atom. The van der Waals surface area contributed by atoms with Crippen LogP contribution in [0, 0.1) is 0 Å². The zero-order valence-electron chi connectivity index (χ0n) is 23.2. The van der Waals surface area contributed by atoms with Gasteiger partial charge in [0.05, 0.1) is 11.6 Å². The zero-order chi connectivity index (χ0) is 28.8. The van der Waals surface area contributed by atoms with Crippen molar-refractivity contribution < 1.29 is 4.79 Å². The average Bonchev–Trinajstić information content (AvgIpc) is 3.79. The number of primary amides is 1. The summed E-state index contributed by atoms with van der Waals surface area (Å²) in [4.78, 5) is 13.9. The van der Waals surface area contributed by atoms with Gasteiger partial charge >= 0.3 is 0 Å². The van der Waals surface area contributed by atoms with Crippen molar-refractivity contribution in [3.63, 3.8) is 0 Å².